The third-order valence-corrected chi connectivity index (χ3v) is 4.77. The molecule has 2 heterocycles. The fraction of sp³-hybridized carbons (Fsp3) is 0.278. The molecular formula is C18H18ClN3O3. The van der Waals surface area contributed by atoms with Crippen molar-refractivity contribution >= 4 is 35.1 Å². The van der Waals surface area contributed by atoms with Gasteiger partial charge in [0.2, 0.25) is 5.54 Å². The minimum absolute atomic E-state index is 0.295. The highest BCUT2D eigenvalue weighted by Crippen LogP contribution is 2.47. The van der Waals surface area contributed by atoms with Gasteiger partial charge in [-0.2, -0.15) is 0 Å². The molecule has 2 aliphatic heterocycles. The average molecular weight is 360 g/mol. The van der Waals surface area contributed by atoms with Gasteiger partial charge in [-0.15, -0.1) is 11.6 Å². The maximum atomic E-state index is 13.2. The standard InChI is InChI=1S/C18H18ClN3O3/c1-20-15(23)18(21(2)17(20)25)13-9-5-6-10-14(13)22(16(18)24)12-8-4-3-7-11-19/h3-10H,11-12H2,1-2H3/b7-3+,8-4+. The monoisotopic (exact) mass is 359 g/mol. The molecule has 0 aromatic heterocycles. The van der Waals surface area contributed by atoms with Crippen LogP contribution in [0, 0.1) is 0 Å². The molecule has 2 aliphatic rings. The van der Waals surface area contributed by atoms with Crippen LogP contribution in [0.25, 0.3) is 0 Å². The number of urea groups is 1. The summed E-state index contributed by atoms with van der Waals surface area (Å²) in [5.41, 5.74) is -0.431. The second-order valence-corrected chi connectivity index (χ2v) is 6.17. The minimum Gasteiger partial charge on any atom is -0.305 e. The van der Waals surface area contributed by atoms with Crippen molar-refractivity contribution in [2.45, 2.75) is 5.54 Å². The molecule has 1 unspecified atom stereocenters. The average Bonchev–Trinajstić information content (AvgIpc) is 2.97. The maximum absolute atomic E-state index is 13.2. The number of imide groups is 1. The van der Waals surface area contributed by atoms with Crippen LogP contribution in [0.15, 0.2) is 48.6 Å². The number of hydrogen-bond donors (Lipinski definition) is 0. The molecule has 1 aromatic rings. The van der Waals surface area contributed by atoms with E-state index in [-0.39, 0.29) is 0 Å². The van der Waals surface area contributed by atoms with E-state index in [2.05, 4.69) is 0 Å². The third kappa shape index (κ3) is 2.28. The number of carbonyl (C=O) groups excluding carboxylic acids is 3. The van der Waals surface area contributed by atoms with Gasteiger partial charge in [-0.3, -0.25) is 14.5 Å². The molecule has 25 heavy (non-hydrogen) atoms. The van der Waals surface area contributed by atoms with Crippen LogP contribution in [0.1, 0.15) is 5.56 Å². The van der Waals surface area contributed by atoms with Crippen LogP contribution in [0.5, 0.6) is 0 Å². The van der Waals surface area contributed by atoms with Crippen molar-refractivity contribution in [3.8, 4) is 0 Å². The number of allylic oxidation sites excluding steroid dienone is 3. The predicted molar refractivity (Wildman–Crippen MR) is 95.4 cm³/mol. The molecular weight excluding hydrogens is 342 g/mol. The highest BCUT2D eigenvalue weighted by atomic mass is 35.5. The summed E-state index contributed by atoms with van der Waals surface area (Å²) in [6.45, 7) is 0.295. The molecule has 4 amide bonds. The molecule has 1 spiro atoms. The number of hydrogen-bond acceptors (Lipinski definition) is 3. The molecule has 1 fully saturated rings. The molecule has 0 N–H and O–H groups in total. The Labute approximate surface area is 150 Å². The lowest BCUT2D eigenvalue weighted by Crippen LogP contribution is -2.52. The van der Waals surface area contributed by atoms with E-state index in [1.165, 1.54) is 23.9 Å². The second-order valence-electron chi connectivity index (χ2n) is 5.86. The Hall–Kier alpha value is -2.60. The van der Waals surface area contributed by atoms with Crippen molar-refractivity contribution in [2.75, 3.05) is 31.4 Å². The summed E-state index contributed by atoms with van der Waals surface area (Å²) in [5, 5.41) is 0. The second kappa shape index (κ2) is 6.37. The van der Waals surface area contributed by atoms with Gasteiger partial charge >= 0.3 is 6.03 Å². The maximum Gasteiger partial charge on any atom is 0.327 e. The Balaban J connectivity index is 2.05. The minimum atomic E-state index is -1.61. The molecule has 1 saturated heterocycles. The van der Waals surface area contributed by atoms with Gasteiger partial charge in [0.25, 0.3) is 11.8 Å². The first-order chi connectivity index (χ1) is 12.0. The number of rotatable bonds is 4. The van der Waals surface area contributed by atoms with E-state index < -0.39 is 23.4 Å². The van der Waals surface area contributed by atoms with E-state index in [1.54, 1.807) is 42.5 Å². The molecule has 7 heteroatoms. The largest absolute Gasteiger partial charge is 0.327 e. The summed E-state index contributed by atoms with van der Waals surface area (Å²) < 4.78 is 0. The van der Waals surface area contributed by atoms with Crippen LogP contribution in [0.3, 0.4) is 0 Å². The number of fused-ring (bicyclic) bond motifs is 2. The number of alkyl halides is 1. The lowest BCUT2D eigenvalue weighted by molar-refractivity contribution is -0.140. The summed E-state index contributed by atoms with van der Waals surface area (Å²) in [5.74, 6) is -0.525. The fourth-order valence-corrected chi connectivity index (χ4v) is 3.47. The highest BCUT2D eigenvalue weighted by Gasteiger charge is 2.66. The number of nitrogens with zero attached hydrogens (tertiary/aromatic N) is 3. The normalized spacial score (nSPS) is 23.2. The molecule has 3 rings (SSSR count). The van der Waals surface area contributed by atoms with Gasteiger partial charge in [0.05, 0.1) is 5.69 Å². The van der Waals surface area contributed by atoms with Gasteiger partial charge in [-0.25, -0.2) is 4.79 Å². The molecule has 0 aliphatic carbocycles. The Morgan fingerprint density at radius 1 is 1.04 bits per heavy atom. The summed E-state index contributed by atoms with van der Waals surface area (Å²) >= 11 is 5.57. The summed E-state index contributed by atoms with van der Waals surface area (Å²) in [4.78, 5) is 42.1. The van der Waals surface area contributed by atoms with Crippen LogP contribution in [-0.2, 0) is 15.1 Å². The number of carbonyl (C=O) groups is 3. The lowest BCUT2D eigenvalue weighted by Gasteiger charge is -2.27. The summed E-state index contributed by atoms with van der Waals surface area (Å²) in [6.07, 6.45) is 7.17. The molecule has 130 valence electrons. The molecule has 1 aromatic carbocycles. The van der Waals surface area contributed by atoms with Gasteiger partial charge in [-0.05, 0) is 6.07 Å². The van der Waals surface area contributed by atoms with E-state index in [4.69, 9.17) is 11.6 Å². The Bertz CT molecular complexity index is 805. The van der Waals surface area contributed by atoms with Crippen LogP contribution in [0.2, 0.25) is 0 Å². The quantitative estimate of drug-likeness (QED) is 0.358. The predicted octanol–water partition coefficient (Wildman–Crippen LogP) is 2.10. The zero-order chi connectivity index (χ0) is 18.2. The molecule has 0 saturated carbocycles. The van der Waals surface area contributed by atoms with Crippen molar-refractivity contribution < 1.29 is 14.4 Å². The van der Waals surface area contributed by atoms with E-state index >= 15 is 0 Å². The van der Waals surface area contributed by atoms with Crippen molar-refractivity contribution in [3.63, 3.8) is 0 Å². The van der Waals surface area contributed by atoms with Crippen LogP contribution in [-0.4, -0.2) is 54.2 Å². The van der Waals surface area contributed by atoms with Gasteiger partial charge in [0, 0.05) is 32.1 Å². The number of benzene rings is 1. The van der Waals surface area contributed by atoms with Crippen molar-refractivity contribution in [1.29, 1.82) is 0 Å². The number of likely N-dealkylation sites (N-methyl/N-ethyl adjacent to an activating group) is 2. The zero-order valence-electron chi connectivity index (χ0n) is 14.0. The van der Waals surface area contributed by atoms with Crippen LogP contribution >= 0.6 is 11.6 Å². The number of amides is 4. The molecule has 0 bridgehead atoms. The van der Waals surface area contributed by atoms with Crippen molar-refractivity contribution in [3.05, 3.63) is 54.1 Å². The smallest absolute Gasteiger partial charge is 0.305 e. The number of para-hydroxylation sites is 1. The first-order valence-corrected chi connectivity index (χ1v) is 8.36. The van der Waals surface area contributed by atoms with Crippen molar-refractivity contribution in [1.82, 2.24) is 9.80 Å². The van der Waals surface area contributed by atoms with Gasteiger partial charge < -0.3 is 9.80 Å². The Morgan fingerprint density at radius 3 is 2.36 bits per heavy atom. The Morgan fingerprint density at radius 2 is 1.72 bits per heavy atom. The Kier molecular flexibility index (Phi) is 4.39. The van der Waals surface area contributed by atoms with Gasteiger partial charge in [0.1, 0.15) is 0 Å². The first-order valence-electron chi connectivity index (χ1n) is 7.83. The first kappa shape index (κ1) is 17.2. The molecule has 0 radical (unpaired) electrons. The van der Waals surface area contributed by atoms with E-state index in [1.807, 2.05) is 6.08 Å². The SMILES string of the molecule is CN1C(=O)N(C)C2(C1=O)C(=O)N(C/C=C/C=C/CCl)c1ccccc12. The van der Waals surface area contributed by atoms with Crippen LogP contribution < -0.4 is 4.90 Å². The highest BCUT2D eigenvalue weighted by molar-refractivity contribution is 6.27. The van der Waals surface area contributed by atoms with Crippen molar-refractivity contribution in [2.24, 2.45) is 0 Å². The number of halogens is 1. The van der Waals surface area contributed by atoms with E-state index in [0.29, 0.717) is 23.7 Å². The van der Waals surface area contributed by atoms with Gasteiger partial charge in [0.15, 0.2) is 0 Å². The summed E-state index contributed by atoms with van der Waals surface area (Å²) in [6, 6.07) is 6.59. The topological polar surface area (TPSA) is 60.9 Å². The van der Waals surface area contributed by atoms with E-state index in [0.717, 1.165) is 4.90 Å². The lowest BCUT2D eigenvalue weighted by atomic mass is 9.90. The van der Waals surface area contributed by atoms with Gasteiger partial charge in [-0.1, -0.05) is 42.5 Å². The summed E-state index contributed by atoms with van der Waals surface area (Å²) in [7, 11) is 2.88. The molecule has 6 nitrogen and oxygen atoms in total. The third-order valence-electron chi connectivity index (χ3n) is 4.59. The van der Waals surface area contributed by atoms with Crippen LogP contribution in [0.4, 0.5) is 10.5 Å². The molecule has 1 atom stereocenters. The van der Waals surface area contributed by atoms with E-state index in [9.17, 15) is 14.4 Å². The fourth-order valence-electron chi connectivity index (χ4n) is 3.36. The zero-order valence-corrected chi connectivity index (χ0v) is 14.7. The number of anilines is 1.